The number of aromatic carboxylic acids is 1. The van der Waals surface area contributed by atoms with Crippen molar-refractivity contribution in [1.82, 2.24) is 15.2 Å². The van der Waals surface area contributed by atoms with Crippen LogP contribution in [0.5, 0.6) is 0 Å². The summed E-state index contributed by atoms with van der Waals surface area (Å²) in [6, 6.07) is 3.10. The van der Waals surface area contributed by atoms with Crippen molar-refractivity contribution in [2.75, 3.05) is 19.6 Å². The van der Waals surface area contributed by atoms with Gasteiger partial charge < -0.3 is 15.3 Å². The highest BCUT2D eigenvalue weighted by Gasteiger charge is 2.35. The molecular formula is C15H19N3O3. The summed E-state index contributed by atoms with van der Waals surface area (Å²) in [4.78, 5) is 29.7. The van der Waals surface area contributed by atoms with Crippen molar-refractivity contribution in [3.05, 3.63) is 29.1 Å². The summed E-state index contributed by atoms with van der Waals surface area (Å²) in [5.41, 5.74) is 0.785. The van der Waals surface area contributed by atoms with E-state index in [1.54, 1.807) is 6.92 Å². The van der Waals surface area contributed by atoms with Gasteiger partial charge in [-0.15, -0.1) is 0 Å². The Kier molecular flexibility index (Phi) is 3.63. The van der Waals surface area contributed by atoms with Gasteiger partial charge in [0.2, 0.25) is 0 Å². The molecule has 1 unspecified atom stereocenters. The molecule has 3 fully saturated rings. The molecule has 6 nitrogen and oxygen atoms in total. The monoisotopic (exact) mass is 289 g/mol. The number of nitrogens with zero attached hydrogens (tertiary/aromatic N) is 2. The van der Waals surface area contributed by atoms with Gasteiger partial charge in [-0.1, -0.05) is 0 Å². The van der Waals surface area contributed by atoms with Crippen molar-refractivity contribution < 1.29 is 14.7 Å². The molecule has 3 aliphatic rings. The highest BCUT2D eigenvalue weighted by molar-refractivity contribution is 5.94. The zero-order valence-corrected chi connectivity index (χ0v) is 12.0. The molecule has 1 atom stereocenters. The van der Waals surface area contributed by atoms with Crippen LogP contribution in [0, 0.1) is 12.8 Å². The van der Waals surface area contributed by atoms with E-state index in [9.17, 15) is 9.59 Å². The van der Waals surface area contributed by atoms with Crippen molar-refractivity contribution in [1.29, 1.82) is 0 Å². The lowest BCUT2D eigenvalue weighted by atomic mass is 9.84. The molecular weight excluding hydrogens is 270 g/mol. The molecule has 1 aromatic heterocycles. The summed E-state index contributed by atoms with van der Waals surface area (Å²) in [6.07, 6.45) is 2.27. The molecule has 0 saturated carbocycles. The molecule has 0 spiro atoms. The lowest BCUT2D eigenvalue weighted by molar-refractivity contribution is 0.0616. The Bertz CT molecular complexity index is 580. The maximum absolute atomic E-state index is 12.3. The van der Waals surface area contributed by atoms with Crippen LogP contribution in [0.25, 0.3) is 0 Å². The normalized spacial score (nSPS) is 27.4. The first kappa shape index (κ1) is 14.0. The van der Waals surface area contributed by atoms with E-state index in [0.717, 1.165) is 32.5 Å². The Morgan fingerprint density at radius 2 is 2.05 bits per heavy atom. The highest BCUT2D eigenvalue weighted by Crippen LogP contribution is 2.27. The zero-order valence-electron chi connectivity index (χ0n) is 12.0. The van der Waals surface area contributed by atoms with Gasteiger partial charge in [0.1, 0.15) is 5.69 Å². The second-order valence-electron chi connectivity index (χ2n) is 5.85. The molecule has 4 rings (SSSR count). The Balaban J connectivity index is 1.71. The quantitative estimate of drug-likeness (QED) is 0.864. The van der Waals surface area contributed by atoms with E-state index < -0.39 is 5.97 Å². The summed E-state index contributed by atoms with van der Waals surface area (Å²) in [5, 5.41) is 12.0. The first-order chi connectivity index (χ1) is 10.0. The number of carboxylic acid groups (broad SMARTS) is 1. The first-order valence-corrected chi connectivity index (χ1v) is 7.29. The molecule has 4 heterocycles. The third-order valence-corrected chi connectivity index (χ3v) is 4.52. The second kappa shape index (κ2) is 5.44. The fraction of sp³-hybridized carbons (Fsp3) is 0.533. The number of pyridine rings is 1. The number of aryl methyl sites for hydroxylation is 1. The van der Waals surface area contributed by atoms with E-state index in [1.165, 1.54) is 12.1 Å². The van der Waals surface area contributed by atoms with Crippen molar-refractivity contribution >= 4 is 11.9 Å². The Morgan fingerprint density at radius 3 is 2.57 bits per heavy atom. The minimum Gasteiger partial charge on any atom is -0.478 e. The number of nitrogens with one attached hydrogen (secondary N) is 1. The van der Waals surface area contributed by atoms with E-state index in [2.05, 4.69) is 15.2 Å². The number of carbonyl (C=O) groups is 2. The summed E-state index contributed by atoms with van der Waals surface area (Å²) in [5.74, 6) is -0.684. The van der Waals surface area contributed by atoms with Crippen LogP contribution >= 0.6 is 0 Å². The second-order valence-corrected chi connectivity index (χ2v) is 5.85. The molecule has 3 saturated heterocycles. The Labute approximate surface area is 123 Å². The van der Waals surface area contributed by atoms with E-state index in [1.807, 2.05) is 0 Å². The number of carbonyl (C=O) groups excluding carboxylic acids is 1. The summed E-state index contributed by atoms with van der Waals surface area (Å²) < 4.78 is 0. The van der Waals surface area contributed by atoms with Crippen molar-refractivity contribution in [2.24, 2.45) is 5.92 Å². The maximum atomic E-state index is 12.3. The predicted molar refractivity (Wildman–Crippen MR) is 76.4 cm³/mol. The predicted octanol–water partition coefficient (Wildman–Crippen LogP) is 0.912. The molecule has 1 amide bonds. The summed E-state index contributed by atoms with van der Waals surface area (Å²) in [7, 11) is 0. The van der Waals surface area contributed by atoms with Gasteiger partial charge in [-0.2, -0.15) is 0 Å². The van der Waals surface area contributed by atoms with Gasteiger partial charge in [0.15, 0.2) is 0 Å². The van der Waals surface area contributed by atoms with Crippen LogP contribution in [0.1, 0.15) is 39.4 Å². The SMILES string of the molecule is Cc1nc(C(=O)NC2CN3CCC2CC3)ccc1C(=O)O. The minimum atomic E-state index is -1.02. The number of rotatable bonds is 3. The number of amides is 1. The zero-order chi connectivity index (χ0) is 15.0. The number of fused-ring (bicyclic) bond motifs is 3. The van der Waals surface area contributed by atoms with Gasteiger partial charge in [-0.25, -0.2) is 9.78 Å². The molecule has 0 aliphatic carbocycles. The number of piperidine rings is 3. The summed E-state index contributed by atoms with van der Waals surface area (Å²) in [6.45, 7) is 4.76. The summed E-state index contributed by atoms with van der Waals surface area (Å²) >= 11 is 0. The molecule has 2 N–H and O–H groups in total. The van der Waals surface area contributed by atoms with Crippen LogP contribution in [-0.2, 0) is 0 Å². The lowest BCUT2D eigenvalue weighted by Crippen LogP contribution is -2.57. The topological polar surface area (TPSA) is 82.5 Å². The maximum Gasteiger partial charge on any atom is 0.337 e. The number of hydrogen-bond donors (Lipinski definition) is 2. The largest absolute Gasteiger partial charge is 0.478 e. The molecule has 112 valence electrons. The van der Waals surface area contributed by atoms with Crippen molar-refractivity contribution in [3.63, 3.8) is 0 Å². The fourth-order valence-corrected chi connectivity index (χ4v) is 3.28. The molecule has 0 aromatic carbocycles. The molecule has 3 aliphatic heterocycles. The third-order valence-electron chi connectivity index (χ3n) is 4.52. The third kappa shape index (κ3) is 2.76. The molecule has 1 aromatic rings. The fourth-order valence-electron chi connectivity index (χ4n) is 3.28. The van der Waals surface area contributed by atoms with Crippen LogP contribution in [0.4, 0.5) is 0 Å². The van der Waals surface area contributed by atoms with Gasteiger partial charge >= 0.3 is 5.97 Å². The highest BCUT2D eigenvalue weighted by atomic mass is 16.4. The average Bonchev–Trinajstić information content (AvgIpc) is 2.48. The number of hydrogen-bond acceptors (Lipinski definition) is 4. The van der Waals surface area contributed by atoms with Gasteiger partial charge in [0.25, 0.3) is 5.91 Å². The van der Waals surface area contributed by atoms with E-state index >= 15 is 0 Å². The number of carboxylic acids is 1. The van der Waals surface area contributed by atoms with Crippen LogP contribution in [0.3, 0.4) is 0 Å². The van der Waals surface area contributed by atoms with Gasteiger partial charge in [-0.05, 0) is 50.9 Å². The molecule has 0 radical (unpaired) electrons. The smallest absolute Gasteiger partial charge is 0.337 e. The first-order valence-electron chi connectivity index (χ1n) is 7.29. The standard InChI is InChI=1S/C15H19N3O3/c1-9-11(15(20)21)2-3-12(16-9)14(19)17-13-8-18-6-4-10(13)5-7-18/h2-3,10,13H,4-8H2,1H3,(H,17,19)(H,20,21). The molecule has 6 heteroatoms. The van der Waals surface area contributed by atoms with Crippen LogP contribution < -0.4 is 5.32 Å². The van der Waals surface area contributed by atoms with Crippen molar-refractivity contribution in [2.45, 2.75) is 25.8 Å². The van der Waals surface area contributed by atoms with Crippen LogP contribution in [-0.4, -0.2) is 52.5 Å². The van der Waals surface area contributed by atoms with Gasteiger partial charge in [0.05, 0.1) is 11.3 Å². The van der Waals surface area contributed by atoms with Crippen LogP contribution in [0.15, 0.2) is 12.1 Å². The Morgan fingerprint density at radius 1 is 1.33 bits per heavy atom. The van der Waals surface area contributed by atoms with Crippen molar-refractivity contribution in [3.8, 4) is 0 Å². The van der Waals surface area contributed by atoms with Gasteiger partial charge in [-0.3, -0.25) is 4.79 Å². The lowest BCUT2D eigenvalue weighted by Gasteiger charge is -2.44. The van der Waals surface area contributed by atoms with E-state index in [0.29, 0.717) is 11.6 Å². The van der Waals surface area contributed by atoms with E-state index in [-0.39, 0.29) is 23.2 Å². The minimum absolute atomic E-state index is 0.134. The molecule has 21 heavy (non-hydrogen) atoms. The Hall–Kier alpha value is -1.95. The van der Waals surface area contributed by atoms with Gasteiger partial charge in [0, 0.05) is 12.6 Å². The van der Waals surface area contributed by atoms with Crippen LogP contribution in [0.2, 0.25) is 0 Å². The average molecular weight is 289 g/mol. The van der Waals surface area contributed by atoms with E-state index in [4.69, 9.17) is 5.11 Å². The number of aromatic nitrogens is 1. The molecule has 2 bridgehead atoms.